The third-order valence-corrected chi connectivity index (χ3v) is 3.90. The molecule has 0 amide bonds. The Morgan fingerprint density at radius 1 is 1.05 bits per heavy atom. The van der Waals surface area contributed by atoms with Gasteiger partial charge in [0.05, 0.1) is 12.1 Å². The molecule has 1 aromatic carbocycles. The van der Waals surface area contributed by atoms with Gasteiger partial charge in [0.25, 0.3) is 0 Å². The first-order valence-corrected chi connectivity index (χ1v) is 8.39. The highest BCUT2D eigenvalue weighted by Crippen LogP contribution is 2.26. The van der Waals surface area contributed by atoms with E-state index in [1.54, 1.807) is 0 Å². The fourth-order valence-corrected chi connectivity index (χ4v) is 2.62. The summed E-state index contributed by atoms with van der Waals surface area (Å²) in [6.07, 6.45) is 2.40. The van der Waals surface area contributed by atoms with Gasteiger partial charge in [-0.15, -0.1) is 0 Å². The lowest BCUT2D eigenvalue weighted by atomic mass is 9.86. The first-order chi connectivity index (χ1) is 9.93. The molecule has 0 radical (unpaired) electrons. The summed E-state index contributed by atoms with van der Waals surface area (Å²) in [7, 11) is 0. The van der Waals surface area contributed by atoms with E-state index in [1.165, 1.54) is 11.1 Å². The smallest absolute Gasteiger partial charge is 0.0766 e. The highest BCUT2D eigenvalue weighted by molar-refractivity contribution is 5.29. The summed E-state index contributed by atoms with van der Waals surface area (Å²) in [5, 5.41) is 3.65. The van der Waals surface area contributed by atoms with Gasteiger partial charge in [0.2, 0.25) is 0 Å². The lowest BCUT2D eigenvalue weighted by Gasteiger charge is -2.28. The predicted molar refractivity (Wildman–Crippen MR) is 91.9 cm³/mol. The largest absolute Gasteiger partial charge is 0.377 e. The Morgan fingerprint density at radius 3 is 2.10 bits per heavy atom. The summed E-state index contributed by atoms with van der Waals surface area (Å²) in [5.41, 5.74) is 2.91. The second-order valence-corrected chi connectivity index (χ2v) is 6.71. The van der Waals surface area contributed by atoms with Crippen LogP contribution in [0.5, 0.6) is 0 Å². The van der Waals surface area contributed by atoms with E-state index < -0.39 is 0 Å². The van der Waals surface area contributed by atoms with E-state index in [-0.39, 0.29) is 17.6 Å². The molecule has 0 aliphatic rings. The molecule has 2 atom stereocenters. The molecule has 0 aliphatic heterocycles. The van der Waals surface area contributed by atoms with E-state index in [9.17, 15) is 0 Å². The zero-order valence-electron chi connectivity index (χ0n) is 14.7. The highest BCUT2D eigenvalue weighted by atomic mass is 16.5. The average Bonchev–Trinajstić information content (AvgIpc) is 2.46. The molecule has 0 spiro atoms. The van der Waals surface area contributed by atoms with Crippen LogP contribution < -0.4 is 5.32 Å². The van der Waals surface area contributed by atoms with Crippen LogP contribution in [0.25, 0.3) is 0 Å². The Hall–Kier alpha value is -0.860. The number of nitrogens with one attached hydrogen (secondary N) is 1. The maximum Gasteiger partial charge on any atom is 0.0766 e. The minimum atomic E-state index is 0.203. The number of hydrogen-bond donors (Lipinski definition) is 1. The Morgan fingerprint density at radius 2 is 1.67 bits per heavy atom. The van der Waals surface area contributed by atoms with Crippen LogP contribution in [0.3, 0.4) is 0 Å². The van der Waals surface area contributed by atoms with Gasteiger partial charge in [-0.3, -0.25) is 0 Å². The molecule has 0 fully saturated rings. The van der Waals surface area contributed by atoms with Crippen LogP contribution in [0, 0.1) is 0 Å². The van der Waals surface area contributed by atoms with Crippen molar-refractivity contribution in [2.45, 2.75) is 71.9 Å². The molecule has 0 saturated heterocycles. The van der Waals surface area contributed by atoms with Gasteiger partial charge < -0.3 is 10.1 Å². The summed E-state index contributed by atoms with van der Waals surface area (Å²) in [4.78, 5) is 0. The van der Waals surface area contributed by atoms with Crippen molar-refractivity contribution in [3.8, 4) is 0 Å². The van der Waals surface area contributed by atoms with Crippen molar-refractivity contribution < 1.29 is 4.74 Å². The van der Waals surface area contributed by atoms with E-state index in [4.69, 9.17) is 4.74 Å². The maximum absolute atomic E-state index is 5.94. The first kappa shape index (κ1) is 18.2. The molecular weight excluding hydrogens is 258 g/mol. The molecule has 2 unspecified atom stereocenters. The molecule has 0 bridgehead atoms. The number of rotatable bonds is 8. The standard InChI is InChI=1S/C19H33NO/c1-7-14-20-18(17(8-2)21-9-3)15-10-12-16(13-11-15)19(4,5)6/h10-13,17-18,20H,7-9,14H2,1-6H3. The van der Waals surface area contributed by atoms with E-state index in [0.29, 0.717) is 0 Å². The van der Waals surface area contributed by atoms with Crippen LogP contribution in [0.2, 0.25) is 0 Å². The maximum atomic E-state index is 5.94. The topological polar surface area (TPSA) is 21.3 Å². The van der Waals surface area contributed by atoms with Gasteiger partial charge in [-0.1, -0.05) is 58.9 Å². The van der Waals surface area contributed by atoms with Crippen LogP contribution in [-0.2, 0) is 10.2 Å². The minimum Gasteiger partial charge on any atom is -0.377 e. The zero-order chi connectivity index (χ0) is 15.9. The van der Waals surface area contributed by atoms with Gasteiger partial charge in [0.1, 0.15) is 0 Å². The Kier molecular flexibility index (Phi) is 7.41. The van der Waals surface area contributed by atoms with Gasteiger partial charge in [-0.05, 0) is 42.9 Å². The van der Waals surface area contributed by atoms with Crippen molar-refractivity contribution in [2.24, 2.45) is 0 Å². The molecule has 1 aromatic rings. The van der Waals surface area contributed by atoms with Gasteiger partial charge in [0.15, 0.2) is 0 Å². The molecule has 1 N–H and O–H groups in total. The van der Waals surface area contributed by atoms with Crippen molar-refractivity contribution in [2.75, 3.05) is 13.2 Å². The normalized spacial score (nSPS) is 15.0. The predicted octanol–water partition coefficient (Wildman–Crippen LogP) is 4.84. The van der Waals surface area contributed by atoms with Crippen molar-refractivity contribution in [1.29, 1.82) is 0 Å². The average molecular weight is 291 g/mol. The highest BCUT2D eigenvalue weighted by Gasteiger charge is 2.22. The van der Waals surface area contributed by atoms with E-state index in [0.717, 1.165) is 26.0 Å². The number of benzene rings is 1. The van der Waals surface area contributed by atoms with Crippen molar-refractivity contribution in [3.05, 3.63) is 35.4 Å². The lowest BCUT2D eigenvalue weighted by Crippen LogP contribution is -2.34. The third-order valence-electron chi connectivity index (χ3n) is 3.90. The Bertz CT molecular complexity index is 391. The van der Waals surface area contributed by atoms with Crippen LogP contribution in [-0.4, -0.2) is 19.3 Å². The monoisotopic (exact) mass is 291 g/mol. The molecule has 21 heavy (non-hydrogen) atoms. The second-order valence-electron chi connectivity index (χ2n) is 6.71. The van der Waals surface area contributed by atoms with E-state index in [1.807, 2.05) is 0 Å². The molecule has 0 aromatic heterocycles. The zero-order valence-corrected chi connectivity index (χ0v) is 14.7. The van der Waals surface area contributed by atoms with Gasteiger partial charge in [-0.25, -0.2) is 0 Å². The van der Waals surface area contributed by atoms with Gasteiger partial charge in [0, 0.05) is 6.61 Å². The summed E-state index contributed by atoms with van der Waals surface area (Å²) in [6.45, 7) is 15.0. The van der Waals surface area contributed by atoms with Crippen molar-refractivity contribution in [3.63, 3.8) is 0 Å². The Labute approximate surface area is 131 Å². The van der Waals surface area contributed by atoms with Crippen LogP contribution in [0.1, 0.15) is 71.6 Å². The summed E-state index contributed by atoms with van der Waals surface area (Å²) < 4.78 is 5.94. The quantitative estimate of drug-likeness (QED) is 0.740. The molecule has 2 nitrogen and oxygen atoms in total. The van der Waals surface area contributed by atoms with Crippen LogP contribution in [0.15, 0.2) is 24.3 Å². The van der Waals surface area contributed by atoms with Crippen LogP contribution >= 0.6 is 0 Å². The molecule has 0 heterocycles. The summed E-state index contributed by atoms with van der Waals surface area (Å²) in [5.74, 6) is 0. The molecular formula is C19H33NO. The molecule has 0 saturated carbocycles. The van der Waals surface area contributed by atoms with Crippen molar-refractivity contribution >= 4 is 0 Å². The minimum absolute atomic E-state index is 0.203. The van der Waals surface area contributed by atoms with Gasteiger partial charge in [-0.2, -0.15) is 0 Å². The number of ether oxygens (including phenoxy) is 1. The van der Waals surface area contributed by atoms with Crippen molar-refractivity contribution in [1.82, 2.24) is 5.32 Å². The molecule has 120 valence electrons. The number of hydrogen-bond acceptors (Lipinski definition) is 2. The van der Waals surface area contributed by atoms with Crippen LogP contribution in [0.4, 0.5) is 0 Å². The first-order valence-electron chi connectivity index (χ1n) is 8.39. The van der Waals surface area contributed by atoms with Gasteiger partial charge >= 0.3 is 0 Å². The lowest BCUT2D eigenvalue weighted by molar-refractivity contribution is 0.0314. The fourth-order valence-electron chi connectivity index (χ4n) is 2.62. The second kappa shape index (κ2) is 8.55. The molecule has 2 heteroatoms. The Balaban J connectivity index is 2.96. The van der Waals surface area contributed by atoms with E-state index in [2.05, 4.69) is 71.1 Å². The summed E-state index contributed by atoms with van der Waals surface area (Å²) in [6, 6.07) is 9.32. The van der Waals surface area contributed by atoms with E-state index >= 15 is 0 Å². The fraction of sp³-hybridized carbons (Fsp3) is 0.684. The molecule has 1 rings (SSSR count). The molecule has 0 aliphatic carbocycles. The SMILES string of the molecule is CCCNC(c1ccc(C(C)(C)C)cc1)C(CC)OCC. The summed E-state index contributed by atoms with van der Waals surface area (Å²) >= 11 is 0. The third kappa shape index (κ3) is 5.44.